The first-order chi connectivity index (χ1) is 9.93. The van der Waals surface area contributed by atoms with Crippen molar-refractivity contribution in [2.75, 3.05) is 32.1 Å². The highest BCUT2D eigenvalue weighted by Gasteiger charge is 2.16. The summed E-state index contributed by atoms with van der Waals surface area (Å²) in [5, 5.41) is 2.68. The van der Waals surface area contributed by atoms with E-state index in [1.807, 2.05) is 0 Å². The fraction of sp³-hybridized carbons (Fsp3) is 0.500. The van der Waals surface area contributed by atoms with Crippen LogP contribution in [-0.4, -0.2) is 43.5 Å². The topological polar surface area (TPSA) is 58.6 Å². The van der Waals surface area contributed by atoms with Crippen LogP contribution in [0.4, 0.5) is 5.69 Å². The van der Waals surface area contributed by atoms with Crippen molar-refractivity contribution >= 4 is 17.5 Å². The average Bonchev–Trinajstić information content (AvgIpc) is 2.42. The van der Waals surface area contributed by atoms with Gasteiger partial charge in [0.25, 0.3) is 5.91 Å². The van der Waals surface area contributed by atoms with Gasteiger partial charge in [-0.3, -0.25) is 9.59 Å². The summed E-state index contributed by atoms with van der Waals surface area (Å²) in [5.41, 5.74) is 1.30. The summed E-state index contributed by atoms with van der Waals surface area (Å²) in [5.74, 6) is 0.246. The molecule has 0 radical (unpaired) electrons. The molecule has 2 amide bonds. The fourth-order valence-corrected chi connectivity index (χ4v) is 2.00. The van der Waals surface area contributed by atoms with Crippen molar-refractivity contribution in [3.63, 3.8) is 0 Å². The Kier molecular flexibility index (Phi) is 6.88. The second-order valence-corrected chi connectivity index (χ2v) is 5.40. The van der Waals surface area contributed by atoms with E-state index in [4.69, 9.17) is 4.74 Å². The summed E-state index contributed by atoms with van der Waals surface area (Å²) in [7, 11) is 1.63. The molecule has 0 aliphatic rings. The highest BCUT2D eigenvalue weighted by molar-refractivity contribution is 5.95. The maximum absolute atomic E-state index is 12.5. The number of anilines is 1. The van der Waals surface area contributed by atoms with Gasteiger partial charge in [-0.15, -0.1) is 0 Å². The fourth-order valence-electron chi connectivity index (χ4n) is 2.00. The summed E-state index contributed by atoms with van der Waals surface area (Å²) in [6, 6.07) is 6.93. The average molecular weight is 292 g/mol. The van der Waals surface area contributed by atoms with Crippen LogP contribution >= 0.6 is 0 Å². The summed E-state index contributed by atoms with van der Waals surface area (Å²) in [6.07, 6.45) is 0. The van der Waals surface area contributed by atoms with Gasteiger partial charge in [0.15, 0.2) is 0 Å². The smallest absolute Gasteiger partial charge is 0.253 e. The molecule has 5 heteroatoms. The molecule has 0 heterocycles. The highest BCUT2D eigenvalue weighted by atomic mass is 16.5. The number of hydrogen-bond donors (Lipinski definition) is 1. The molecule has 0 bridgehead atoms. The first-order valence-electron chi connectivity index (χ1n) is 7.10. The monoisotopic (exact) mass is 292 g/mol. The zero-order valence-electron chi connectivity index (χ0n) is 13.2. The van der Waals surface area contributed by atoms with Gasteiger partial charge in [0.05, 0.1) is 6.61 Å². The van der Waals surface area contributed by atoms with E-state index in [1.54, 1.807) is 36.3 Å². The Morgan fingerprint density at radius 2 is 1.86 bits per heavy atom. The minimum Gasteiger partial charge on any atom is -0.383 e. The number of rotatable bonds is 7. The number of hydrogen-bond acceptors (Lipinski definition) is 3. The van der Waals surface area contributed by atoms with Crippen molar-refractivity contribution in [1.29, 1.82) is 0 Å². The molecule has 1 aromatic rings. The van der Waals surface area contributed by atoms with E-state index in [2.05, 4.69) is 19.2 Å². The van der Waals surface area contributed by atoms with Gasteiger partial charge in [-0.05, 0) is 30.2 Å². The Morgan fingerprint density at radius 1 is 1.24 bits per heavy atom. The molecule has 0 saturated carbocycles. The number of nitrogens with zero attached hydrogens (tertiary/aromatic N) is 1. The van der Waals surface area contributed by atoms with Gasteiger partial charge >= 0.3 is 0 Å². The SMILES string of the molecule is COCCN(CC(C)C)C(=O)c1ccc(NC(C)=O)cc1. The third-order valence-electron chi connectivity index (χ3n) is 2.89. The number of methoxy groups -OCH3 is 1. The maximum atomic E-state index is 12.5. The number of carbonyl (C=O) groups excluding carboxylic acids is 2. The van der Waals surface area contributed by atoms with Gasteiger partial charge in [0.1, 0.15) is 0 Å². The van der Waals surface area contributed by atoms with E-state index in [9.17, 15) is 9.59 Å². The molecule has 0 fully saturated rings. The minimum atomic E-state index is -0.129. The standard InChI is InChI=1S/C16H24N2O3/c1-12(2)11-18(9-10-21-4)16(20)14-5-7-15(8-6-14)17-13(3)19/h5-8,12H,9-11H2,1-4H3,(H,17,19). The van der Waals surface area contributed by atoms with Crippen LogP contribution in [0, 0.1) is 5.92 Å². The number of carbonyl (C=O) groups is 2. The number of ether oxygens (including phenoxy) is 1. The van der Waals surface area contributed by atoms with Gasteiger partial charge in [-0.25, -0.2) is 0 Å². The molecular formula is C16H24N2O3. The van der Waals surface area contributed by atoms with Gasteiger partial charge < -0.3 is 15.0 Å². The van der Waals surface area contributed by atoms with Crippen LogP contribution in [0.2, 0.25) is 0 Å². The highest BCUT2D eigenvalue weighted by Crippen LogP contribution is 2.12. The van der Waals surface area contributed by atoms with E-state index in [0.29, 0.717) is 36.9 Å². The molecular weight excluding hydrogens is 268 g/mol. The van der Waals surface area contributed by atoms with E-state index in [1.165, 1.54) is 6.92 Å². The van der Waals surface area contributed by atoms with Crippen LogP contribution in [0.5, 0.6) is 0 Å². The minimum absolute atomic E-state index is 0.0184. The second kappa shape index (κ2) is 8.42. The normalized spacial score (nSPS) is 10.5. The lowest BCUT2D eigenvalue weighted by molar-refractivity contribution is -0.114. The molecule has 0 saturated heterocycles. The van der Waals surface area contributed by atoms with Crippen molar-refractivity contribution < 1.29 is 14.3 Å². The summed E-state index contributed by atoms with van der Waals surface area (Å²) in [6.45, 7) is 7.38. The lowest BCUT2D eigenvalue weighted by Gasteiger charge is -2.24. The molecule has 1 rings (SSSR count). The lowest BCUT2D eigenvalue weighted by atomic mass is 10.1. The van der Waals surface area contributed by atoms with E-state index >= 15 is 0 Å². The van der Waals surface area contributed by atoms with Crippen molar-refractivity contribution in [3.05, 3.63) is 29.8 Å². The molecule has 0 spiro atoms. The molecule has 0 unspecified atom stereocenters. The van der Waals surface area contributed by atoms with Gasteiger partial charge in [-0.1, -0.05) is 13.8 Å². The number of amides is 2. The van der Waals surface area contributed by atoms with E-state index in [0.717, 1.165) is 0 Å². The molecule has 0 aromatic heterocycles. The largest absolute Gasteiger partial charge is 0.383 e. The maximum Gasteiger partial charge on any atom is 0.253 e. The van der Waals surface area contributed by atoms with Gasteiger partial charge in [-0.2, -0.15) is 0 Å². The van der Waals surface area contributed by atoms with Gasteiger partial charge in [0, 0.05) is 38.4 Å². The first-order valence-corrected chi connectivity index (χ1v) is 7.10. The molecule has 1 aromatic carbocycles. The van der Waals surface area contributed by atoms with Crippen LogP contribution in [-0.2, 0) is 9.53 Å². The Labute approximate surface area is 126 Å². The van der Waals surface area contributed by atoms with Crippen molar-refractivity contribution in [1.82, 2.24) is 4.90 Å². The predicted molar refractivity (Wildman–Crippen MR) is 83.4 cm³/mol. The lowest BCUT2D eigenvalue weighted by Crippen LogP contribution is -2.36. The number of benzene rings is 1. The quantitative estimate of drug-likeness (QED) is 0.839. The van der Waals surface area contributed by atoms with Gasteiger partial charge in [0.2, 0.25) is 5.91 Å². The molecule has 1 N–H and O–H groups in total. The van der Waals surface area contributed by atoms with Crippen LogP contribution in [0.15, 0.2) is 24.3 Å². The Morgan fingerprint density at radius 3 is 2.33 bits per heavy atom. The Hall–Kier alpha value is -1.88. The Balaban J connectivity index is 2.79. The summed E-state index contributed by atoms with van der Waals surface area (Å²) < 4.78 is 5.06. The first kappa shape index (κ1) is 17.2. The molecule has 0 atom stereocenters. The zero-order valence-corrected chi connectivity index (χ0v) is 13.2. The van der Waals surface area contributed by atoms with E-state index in [-0.39, 0.29) is 11.8 Å². The molecule has 116 valence electrons. The van der Waals surface area contributed by atoms with Crippen molar-refractivity contribution in [2.45, 2.75) is 20.8 Å². The predicted octanol–water partition coefficient (Wildman–Crippen LogP) is 2.39. The molecule has 0 aliphatic carbocycles. The third kappa shape index (κ3) is 5.95. The molecule has 0 aliphatic heterocycles. The molecule has 5 nitrogen and oxygen atoms in total. The Bertz CT molecular complexity index is 469. The summed E-state index contributed by atoms with van der Waals surface area (Å²) in [4.78, 5) is 25.3. The number of nitrogens with one attached hydrogen (secondary N) is 1. The van der Waals surface area contributed by atoms with Crippen LogP contribution in [0.25, 0.3) is 0 Å². The molecule has 21 heavy (non-hydrogen) atoms. The van der Waals surface area contributed by atoms with Crippen LogP contribution in [0.3, 0.4) is 0 Å². The third-order valence-corrected chi connectivity index (χ3v) is 2.89. The second-order valence-electron chi connectivity index (χ2n) is 5.40. The zero-order chi connectivity index (χ0) is 15.8. The van der Waals surface area contributed by atoms with Crippen LogP contribution < -0.4 is 5.32 Å². The summed E-state index contributed by atoms with van der Waals surface area (Å²) >= 11 is 0. The van der Waals surface area contributed by atoms with Crippen molar-refractivity contribution in [2.24, 2.45) is 5.92 Å². The van der Waals surface area contributed by atoms with Crippen LogP contribution in [0.1, 0.15) is 31.1 Å². The van der Waals surface area contributed by atoms with Crippen molar-refractivity contribution in [3.8, 4) is 0 Å². The van der Waals surface area contributed by atoms with E-state index < -0.39 is 0 Å².